The van der Waals surface area contributed by atoms with Gasteiger partial charge in [-0.1, -0.05) is 0 Å². The van der Waals surface area contributed by atoms with Gasteiger partial charge in [0, 0.05) is 12.1 Å². The van der Waals surface area contributed by atoms with Crippen molar-refractivity contribution in [1.82, 2.24) is 4.90 Å². The van der Waals surface area contributed by atoms with Crippen LogP contribution < -0.4 is 0 Å². The van der Waals surface area contributed by atoms with Crippen LogP contribution in [0.25, 0.3) is 0 Å². The first-order valence-corrected chi connectivity index (χ1v) is 5.14. The normalized spacial score (nSPS) is 19.2. The molecular formula is C12H9FN2O2. The lowest BCUT2D eigenvalue weighted by molar-refractivity contribution is -0.127. The third-order valence-corrected chi connectivity index (χ3v) is 2.70. The van der Waals surface area contributed by atoms with E-state index in [2.05, 4.69) is 0 Å². The number of rotatable bonds is 1. The SMILES string of the molecule is N#C[C@H]1CCN(C(=O)c2ccc(F)cc2)C1=O. The van der Waals surface area contributed by atoms with Crippen molar-refractivity contribution >= 4 is 11.8 Å². The first-order valence-electron chi connectivity index (χ1n) is 5.14. The van der Waals surface area contributed by atoms with Gasteiger partial charge < -0.3 is 0 Å². The Morgan fingerprint density at radius 1 is 1.41 bits per heavy atom. The number of nitriles is 1. The summed E-state index contributed by atoms with van der Waals surface area (Å²) in [6, 6.07) is 6.83. The lowest BCUT2D eigenvalue weighted by Gasteiger charge is -2.13. The lowest BCUT2D eigenvalue weighted by Crippen LogP contribution is -2.33. The molecule has 0 aromatic heterocycles. The monoisotopic (exact) mass is 232 g/mol. The molecule has 0 aliphatic carbocycles. The number of hydrogen-bond acceptors (Lipinski definition) is 3. The number of carbonyl (C=O) groups excluding carboxylic acids is 2. The summed E-state index contributed by atoms with van der Waals surface area (Å²) in [4.78, 5) is 24.6. The molecule has 0 bridgehead atoms. The summed E-state index contributed by atoms with van der Waals surface area (Å²) >= 11 is 0. The minimum atomic E-state index is -0.737. The van der Waals surface area contributed by atoms with E-state index >= 15 is 0 Å². The first-order chi connectivity index (χ1) is 8.13. The van der Waals surface area contributed by atoms with E-state index < -0.39 is 23.5 Å². The summed E-state index contributed by atoms with van der Waals surface area (Å²) in [5.41, 5.74) is 0.248. The van der Waals surface area contributed by atoms with Crippen LogP contribution in [0.15, 0.2) is 24.3 Å². The topological polar surface area (TPSA) is 61.2 Å². The van der Waals surface area contributed by atoms with Crippen LogP contribution in [0.3, 0.4) is 0 Å². The number of halogens is 1. The zero-order valence-corrected chi connectivity index (χ0v) is 8.89. The largest absolute Gasteiger partial charge is 0.277 e. The van der Waals surface area contributed by atoms with Crippen molar-refractivity contribution in [3.05, 3.63) is 35.6 Å². The van der Waals surface area contributed by atoms with E-state index in [9.17, 15) is 14.0 Å². The number of imide groups is 1. The molecule has 2 rings (SSSR count). The average Bonchev–Trinajstić information content (AvgIpc) is 2.70. The third kappa shape index (κ3) is 2.02. The highest BCUT2D eigenvalue weighted by atomic mass is 19.1. The summed E-state index contributed by atoms with van der Waals surface area (Å²) < 4.78 is 12.7. The van der Waals surface area contributed by atoms with Gasteiger partial charge in [0.05, 0.1) is 6.07 Å². The molecule has 4 nitrogen and oxygen atoms in total. The second-order valence-corrected chi connectivity index (χ2v) is 3.77. The van der Waals surface area contributed by atoms with E-state index in [1.165, 1.54) is 12.1 Å². The van der Waals surface area contributed by atoms with Gasteiger partial charge in [-0.15, -0.1) is 0 Å². The predicted octanol–water partition coefficient (Wildman–Crippen LogP) is 1.34. The number of benzene rings is 1. The molecule has 1 aromatic carbocycles. The van der Waals surface area contributed by atoms with E-state index in [0.717, 1.165) is 17.0 Å². The highest BCUT2D eigenvalue weighted by Crippen LogP contribution is 2.19. The second kappa shape index (κ2) is 4.34. The predicted molar refractivity (Wildman–Crippen MR) is 56.2 cm³/mol. The Morgan fingerprint density at radius 3 is 2.59 bits per heavy atom. The Labute approximate surface area is 97.3 Å². The fourth-order valence-electron chi connectivity index (χ4n) is 1.75. The van der Waals surface area contributed by atoms with Gasteiger partial charge in [0.2, 0.25) is 5.91 Å². The molecule has 86 valence electrons. The van der Waals surface area contributed by atoms with Gasteiger partial charge in [-0.25, -0.2) is 4.39 Å². The Hall–Kier alpha value is -2.22. The molecular weight excluding hydrogens is 223 g/mol. The maximum atomic E-state index is 12.7. The van der Waals surface area contributed by atoms with E-state index in [0.29, 0.717) is 6.42 Å². The molecule has 5 heteroatoms. The fraction of sp³-hybridized carbons (Fsp3) is 0.250. The van der Waals surface area contributed by atoms with Crippen molar-refractivity contribution in [3.63, 3.8) is 0 Å². The highest BCUT2D eigenvalue weighted by Gasteiger charge is 2.35. The van der Waals surface area contributed by atoms with Gasteiger partial charge in [0.25, 0.3) is 5.91 Å². The van der Waals surface area contributed by atoms with Gasteiger partial charge in [-0.05, 0) is 30.7 Å². The molecule has 1 aliphatic heterocycles. The number of amides is 2. The van der Waals surface area contributed by atoms with Crippen LogP contribution in [-0.4, -0.2) is 23.3 Å². The van der Waals surface area contributed by atoms with E-state index in [1.54, 1.807) is 0 Å². The summed E-state index contributed by atoms with van der Waals surface area (Å²) in [5, 5.41) is 8.68. The van der Waals surface area contributed by atoms with Crippen molar-refractivity contribution < 1.29 is 14.0 Å². The summed E-state index contributed by atoms with van der Waals surface area (Å²) in [7, 11) is 0. The smallest absolute Gasteiger partial charge is 0.260 e. The number of nitrogens with zero attached hydrogens (tertiary/aromatic N) is 2. The standard InChI is InChI=1S/C12H9FN2O2/c13-10-3-1-8(2-4-10)11(16)15-6-5-9(7-14)12(15)17/h1-4,9H,5-6H2/t9-/m1/s1. The van der Waals surface area contributed by atoms with Crippen LogP contribution in [0.2, 0.25) is 0 Å². The van der Waals surface area contributed by atoms with Crippen LogP contribution in [-0.2, 0) is 4.79 Å². The van der Waals surface area contributed by atoms with Gasteiger partial charge >= 0.3 is 0 Å². The first kappa shape index (κ1) is 11.3. The Kier molecular flexibility index (Phi) is 2.88. The molecule has 17 heavy (non-hydrogen) atoms. The average molecular weight is 232 g/mol. The van der Waals surface area contributed by atoms with Crippen molar-refractivity contribution in [1.29, 1.82) is 5.26 Å². The molecule has 0 spiro atoms. The van der Waals surface area contributed by atoms with E-state index in [1.807, 2.05) is 6.07 Å². The maximum absolute atomic E-state index is 12.7. The molecule has 1 heterocycles. The fourth-order valence-corrected chi connectivity index (χ4v) is 1.75. The molecule has 0 N–H and O–H groups in total. The summed E-state index contributed by atoms with van der Waals surface area (Å²) in [5.74, 6) is -2.13. The molecule has 0 unspecified atom stereocenters. The molecule has 1 aromatic rings. The highest BCUT2D eigenvalue weighted by molar-refractivity contribution is 6.06. The van der Waals surface area contributed by atoms with Crippen molar-refractivity contribution in [2.24, 2.45) is 5.92 Å². The molecule has 1 fully saturated rings. The second-order valence-electron chi connectivity index (χ2n) is 3.77. The molecule has 2 amide bonds. The molecule has 1 atom stereocenters. The number of likely N-dealkylation sites (tertiary alicyclic amines) is 1. The van der Waals surface area contributed by atoms with Crippen molar-refractivity contribution in [2.45, 2.75) is 6.42 Å². The minimum absolute atomic E-state index is 0.243. The molecule has 1 saturated heterocycles. The van der Waals surface area contributed by atoms with Gasteiger partial charge in [0.15, 0.2) is 0 Å². The number of hydrogen-bond donors (Lipinski definition) is 0. The zero-order valence-electron chi connectivity index (χ0n) is 8.89. The van der Waals surface area contributed by atoms with E-state index in [4.69, 9.17) is 5.26 Å². The van der Waals surface area contributed by atoms with Crippen LogP contribution in [0, 0.1) is 23.1 Å². The Balaban J connectivity index is 2.20. The van der Waals surface area contributed by atoms with Gasteiger partial charge in [-0.3, -0.25) is 14.5 Å². The van der Waals surface area contributed by atoms with Crippen LogP contribution >= 0.6 is 0 Å². The maximum Gasteiger partial charge on any atom is 0.260 e. The van der Waals surface area contributed by atoms with E-state index in [-0.39, 0.29) is 12.1 Å². The quantitative estimate of drug-likeness (QED) is 0.686. The Bertz CT molecular complexity index is 504. The molecule has 0 saturated carbocycles. The Morgan fingerprint density at radius 2 is 2.06 bits per heavy atom. The molecule has 1 aliphatic rings. The van der Waals surface area contributed by atoms with Crippen LogP contribution in [0.5, 0.6) is 0 Å². The van der Waals surface area contributed by atoms with Crippen LogP contribution in [0.4, 0.5) is 4.39 Å². The van der Waals surface area contributed by atoms with Gasteiger partial charge in [-0.2, -0.15) is 5.26 Å². The van der Waals surface area contributed by atoms with Crippen molar-refractivity contribution in [2.75, 3.05) is 6.54 Å². The minimum Gasteiger partial charge on any atom is -0.277 e. The number of carbonyl (C=O) groups is 2. The zero-order chi connectivity index (χ0) is 12.4. The van der Waals surface area contributed by atoms with Crippen molar-refractivity contribution in [3.8, 4) is 6.07 Å². The van der Waals surface area contributed by atoms with Gasteiger partial charge in [0.1, 0.15) is 11.7 Å². The van der Waals surface area contributed by atoms with Crippen LogP contribution in [0.1, 0.15) is 16.8 Å². The summed E-state index contributed by atoms with van der Waals surface area (Å²) in [6.07, 6.45) is 0.363. The molecule has 0 radical (unpaired) electrons. The lowest BCUT2D eigenvalue weighted by atomic mass is 10.1. The third-order valence-electron chi connectivity index (χ3n) is 2.70. The summed E-state index contributed by atoms with van der Waals surface area (Å²) in [6.45, 7) is 0.243.